The number of nitro groups is 1. The van der Waals surface area contributed by atoms with Crippen molar-refractivity contribution in [3.63, 3.8) is 0 Å². The summed E-state index contributed by atoms with van der Waals surface area (Å²) in [5.74, 6) is -1.40. The zero-order valence-corrected chi connectivity index (χ0v) is 15.2. The average Bonchev–Trinajstić information content (AvgIpc) is 2.66. The van der Waals surface area contributed by atoms with Crippen molar-refractivity contribution in [2.75, 3.05) is 6.54 Å². The monoisotopic (exact) mass is 398 g/mol. The topological polar surface area (TPSA) is 154 Å². The van der Waals surface area contributed by atoms with E-state index < -0.39 is 28.7 Å². The van der Waals surface area contributed by atoms with Gasteiger partial charge in [-0.15, -0.1) is 0 Å². The lowest BCUT2D eigenvalue weighted by Gasteiger charge is -2.17. The maximum atomic E-state index is 12.1. The quantitative estimate of drug-likeness (QED) is 0.496. The minimum atomic E-state index is -0.951. The molecule has 0 saturated heterocycles. The summed E-state index contributed by atoms with van der Waals surface area (Å²) < 4.78 is 5.66. The molecule has 0 spiro atoms. The molecule has 3 amide bonds. The summed E-state index contributed by atoms with van der Waals surface area (Å²) in [5.41, 5.74) is 6.28. The smallest absolute Gasteiger partial charge is 0.311 e. The molecule has 10 heteroatoms. The molecule has 2 aliphatic heterocycles. The molecule has 1 atom stereocenters. The lowest BCUT2D eigenvalue weighted by atomic mass is 10.0. The van der Waals surface area contributed by atoms with Crippen LogP contribution in [0.15, 0.2) is 42.5 Å². The number of primary amides is 1. The molecule has 2 heterocycles. The summed E-state index contributed by atoms with van der Waals surface area (Å²) in [5, 5.41) is 16.2. The van der Waals surface area contributed by atoms with Crippen molar-refractivity contribution in [1.29, 1.82) is 0 Å². The summed E-state index contributed by atoms with van der Waals surface area (Å²) in [6.07, 6.45) is 0.0325. The first-order valence-electron chi connectivity index (χ1n) is 8.71. The molecule has 0 unspecified atom stereocenters. The second-order valence-electron chi connectivity index (χ2n) is 6.49. The van der Waals surface area contributed by atoms with Gasteiger partial charge in [-0.05, 0) is 29.3 Å². The SMILES string of the molecule is NC(=O)[C@@H]1Cc2ccc(cc2)Oc2cc(ccc2[N+](=O)[O-])CC(=O)NCC(=O)N1. The Kier molecular flexibility index (Phi) is 5.72. The van der Waals surface area contributed by atoms with Gasteiger partial charge in [-0.1, -0.05) is 18.2 Å². The molecule has 4 N–H and O–H groups in total. The molecular formula is C19H18N4O6. The molecule has 0 radical (unpaired) electrons. The van der Waals surface area contributed by atoms with E-state index in [4.69, 9.17) is 10.5 Å². The number of nitrogens with two attached hydrogens (primary N) is 1. The van der Waals surface area contributed by atoms with Crippen LogP contribution in [0.3, 0.4) is 0 Å². The van der Waals surface area contributed by atoms with Crippen molar-refractivity contribution in [2.45, 2.75) is 18.9 Å². The van der Waals surface area contributed by atoms with E-state index in [-0.39, 0.29) is 30.8 Å². The maximum Gasteiger partial charge on any atom is 0.311 e. The van der Waals surface area contributed by atoms with Gasteiger partial charge in [-0.25, -0.2) is 0 Å². The highest BCUT2D eigenvalue weighted by molar-refractivity contribution is 5.90. The van der Waals surface area contributed by atoms with E-state index in [1.54, 1.807) is 24.3 Å². The van der Waals surface area contributed by atoms with Gasteiger partial charge < -0.3 is 21.1 Å². The fourth-order valence-corrected chi connectivity index (χ4v) is 2.85. The Balaban J connectivity index is 1.98. The number of benzene rings is 2. The fraction of sp³-hybridized carbons (Fsp3) is 0.211. The van der Waals surface area contributed by atoms with E-state index in [1.807, 2.05) is 0 Å². The largest absolute Gasteiger partial charge is 0.450 e. The van der Waals surface area contributed by atoms with E-state index in [0.717, 1.165) is 0 Å². The summed E-state index contributed by atoms with van der Waals surface area (Å²) >= 11 is 0. The Bertz CT molecular complexity index is 973. The summed E-state index contributed by atoms with van der Waals surface area (Å²) in [7, 11) is 0. The van der Waals surface area contributed by atoms with Crippen LogP contribution in [-0.2, 0) is 27.2 Å². The van der Waals surface area contributed by atoms with Crippen LogP contribution in [0.25, 0.3) is 0 Å². The highest BCUT2D eigenvalue weighted by Crippen LogP contribution is 2.32. The molecule has 0 fully saturated rings. The number of nitrogens with one attached hydrogen (secondary N) is 2. The Morgan fingerprint density at radius 1 is 1.10 bits per heavy atom. The van der Waals surface area contributed by atoms with Crippen LogP contribution < -0.4 is 21.1 Å². The second kappa shape index (κ2) is 8.38. The Hall–Kier alpha value is -3.95. The molecule has 0 aliphatic carbocycles. The summed E-state index contributed by atoms with van der Waals surface area (Å²) in [6, 6.07) is 9.68. The van der Waals surface area contributed by atoms with Crippen LogP contribution in [0.5, 0.6) is 11.5 Å². The Labute approximate surface area is 165 Å². The van der Waals surface area contributed by atoms with Crippen LogP contribution >= 0.6 is 0 Å². The molecule has 0 aromatic heterocycles. The minimum Gasteiger partial charge on any atom is -0.450 e. The van der Waals surface area contributed by atoms with Gasteiger partial charge in [-0.3, -0.25) is 24.5 Å². The van der Waals surface area contributed by atoms with Gasteiger partial charge in [0.15, 0.2) is 0 Å². The first kappa shape index (κ1) is 19.8. The summed E-state index contributed by atoms with van der Waals surface area (Å²) in [4.78, 5) is 46.5. The zero-order valence-electron chi connectivity index (χ0n) is 15.2. The Morgan fingerprint density at radius 3 is 2.45 bits per heavy atom. The molecular weight excluding hydrogens is 380 g/mol. The number of fused-ring (bicyclic) bond motifs is 9. The number of hydrogen-bond donors (Lipinski definition) is 3. The van der Waals surface area contributed by atoms with Crippen molar-refractivity contribution in [3.8, 4) is 11.5 Å². The van der Waals surface area contributed by atoms with Gasteiger partial charge in [-0.2, -0.15) is 0 Å². The summed E-state index contributed by atoms with van der Waals surface area (Å²) in [6.45, 7) is -0.335. The van der Waals surface area contributed by atoms with Gasteiger partial charge in [0.1, 0.15) is 11.8 Å². The van der Waals surface area contributed by atoms with Gasteiger partial charge in [0.25, 0.3) is 0 Å². The third-order valence-electron chi connectivity index (χ3n) is 4.30. The first-order valence-corrected chi connectivity index (χ1v) is 8.71. The standard InChI is InChI=1S/C19H18N4O6/c20-19(26)14-7-11-1-4-13(5-2-11)29-16-8-12(3-6-15(16)23(27)28)9-17(24)21-10-18(25)22-14/h1-6,8,14H,7,9-10H2,(H2,20,26)(H,21,24)(H,22,25)/t14-/m0/s1. The highest BCUT2D eigenvalue weighted by atomic mass is 16.6. The predicted octanol–water partition coefficient (Wildman–Crippen LogP) is 0.572. The number of carbonyl (C=O) groups is 3. The number of carbonyl (C=O) groups excluding carboxylic acids is 3. The first-order chi connectivity index (χ1) is 13.8. The highest BCUT2D eigenvalue weighted by Gasteiger charge is 2.21. The molecule has 10 nitrogen and oxygen atoms in total. The van der Waals surface area contributed by atoms with Crippen molar-refractivity contribution in [3.05, 3.63) is 63.7 Å². The average molecular weight is 398 g/mol. The molecule has 2 aromatic rings. The van der Waals surface area contributed by atoms with Crippen molar-refractivity contribution >= 4 is 23.4 Å². The van der Waals surface area contributed by atoms with Crippen LogP contribution in [0.1, 0.15) is 11.1 Å². The van der Waals surface area contributed by atoms with Crippen LogP contribution in [0, 0.1) is 10.1 Å². The molecule has 0 saturated carbocycles. The van der Waals surface area contributed by atoms with Crippen molar-refractivity contribution < 1.29 is 24.0 Å². The number of hydrogen-bond acceptors (Lipinski definition) is 6. The predicted molar refractivity (Wildman–Crippen MR) is 101 cm³/mol. The molecule has 150 valence electrons. The van der Waals surface area contributed by atoms with Crippen molar-refractivity contribution in [2.24, 2.45) is 5.73 Å². The lowest BCUT2D eigenvalue weighted by Crippen LogP contribution is -2.49. The van der Waals surface area contributed by atoms with Gasteiger partial charge >= 0.3 is 5.69 Å². The molecule has 2 aromatic carbocycles. The van der Waals surface area contributed by atoms with Crippen molar-refractivity contribution in [1.82, 2.24) is 10.6 Å². The lowest BCUT2D eigenvalue weighted by molar-refractivity contribution is -0.385. The van der Waals surface area contributed by atoms with E-state index in [9.17, 15) is 24.5 Å². The number of ether oxygens (including phenoxy) is 1. The number of rotatable bonds is 2. The van der Waals surface area contributed by atoms with Gasteiger partial charge in [0.05, 0.1) is 17.9 Å². The Morgan fingerprint density at radius 2 is 1.79 bits per heavy atom. The zero-order chi connectivity index (χ0) is 21.0. The molecule has 4 rings (SSSR count). The maximum absolute atomic E-state index is 12.1. The minimum absolute atomic E-state index is 0.00657. The van der Waals surface area contributed by atoms with Crippen LogP contribution in [-0.4, -0.2) is 35.2 Å². The van der Waals surface area contributed by atoms with E-state index in [0.29, 0.717) is 16.9 Å². The van der Waals surface area contributed by atoms with Gasteiger partial charge in [0, 0.05) is 12.5 Å². The second-order valence-corrected chi connectivity index (χ2v) is 6.49. The molecule has 2 aliphatic rings. The van der Waals surface area contributed by atoms with Crippen LogP contribution in [0.4, 0.5) is 5.69 Å². The van der Waals surface area contributed by atoms with E-state index in [2.05, 4.69) is 10.6 Å². The third-order valence-corrected chi connectivity index (χ3v) is 4.30. The molecule has 29 heavy (non-hydrogen) atoms. The number of amides is 3. The van der Waals surface area contributed by atoms with E-state index >= 15 is 0 Å². The third kappa shape index (κ3) is 5.06. The molecule has 4 bridgehead atoms. The normalized spacial score (nSPS) is 17.0. The number of nitro benzene ring substituents is 1. The van der Waals surface area contributed by atoms with E-state index in [1.165, 1.54) is 18.2 Å². The van der Waals surface area contributed by atoms with Gasteiger partial charge in [0.2, 0.25) is 23.5 Å². The fourth-order valence-electron chi connectivity index (χ4n) is 2.85. The number of nitrogens with zero attached hydrogens (tertiary/aromatic N) is 1. The van der Waals surface area contributed by atoms with Crippen LogP contribution in [0.2, 0.25) is 0 Å².